The summed E-state index contributed by atoms with van der Waals surface area (Å²) in [5, 5.41) is 0. The van der Waals surface area contributed by atoms with E-state index < -0.39 is 0 Å². The lowest BCUT2D eigenvalue weighted by Crippen LogP contribution is -2.07. The average Bonchev–Trinajstić information content (AvgIpc) is 2.50. The van der Waals surface area contributed by atoms with Crippen LogP contribution in [0.2, 0.25) is 0 Å². The van der Waals surface area contributed by atoms with Gasteiger partial charge in [0.05, 0.1) is 0 Å². The number of hydrogen-bond acceptors (Lipinski definition) is 5. The Morgan fingerprint density at radius 2 is 0.810 bits per heavy atom. The zero-order valence-corrected chi connectivity index (χ0v) is 13.9. The molecule has 0 radical (unpaired) electrons. The first-order chi connectivity index (χ1) is 10.4. The summed E-state index contributed by atoms with van der Waals surface area (Å²) in [6, 6.07) is 0. The van der Waals surface area contributed by atoms with Gasteiger partial charge in [-0.15, -0.1) is 0 Å². The zero-order chi connectivity index (χ0) is 15.4. The fourth-order valence-electron chi connectivity index (χ4n) is 1.65. The van der Waals surface area contributed by atoms with Gasteiger partial charge in [-0.25, -0.2) is 0 Å². The number of rotatable bonds is 18. The molecule has 0 amide bonds. The Bertz CT molecular complexity index is 160. The van der Waals surface area contributed by atoms with E-state index in [1.807, 2.05) is 0 Å². The Morgan fingerprint density at radius 3 is 1.14 bits per heavy atom. The van der Waals surface area contributed by atoms with Gasteiger partial charge >= 0.3 is 0 Å². The van der Waals surface area contributed by atoms with Crippen molar-refractivity contribution in [3.05, 3.63) is 0 Å². The minimum Gasteiger partial charge on any atom is -0.385 e. The van der Waals surface area contributed by atoms with E-state index in [4.69, 9.17) is 23.7 Å². The van der Waals surface area contributed by atoms with Gasteiger partial charge in [0.2, 0.25) is 0 Å². The molecule has 0 aromatic carbocycles. The summed E-state index contributed by atoms with van der Waals surface area (Å²) in [5.74, 6) is 0. The van der Waals surface area contributed by atoms with Gasteiger partial charge in [-0.3, -0.25) is 0 Å². The van der Waals surface area contributed by atoms with Crippen molar-refractivity contribution in [2.24, 2.45) is 0 Å². The van der Waals surface area contributed by atoms with Crippen LogP contribution in [-0.4, -0.2) is 66.6 Å². The third-order valence-electron chi connectivity index (χ3n) is 2.72. The molecular formula is C16H34O5. The Kier molecular flexibility index (Phi) is 19.6. The standard InChI is InChI=1S/C16H34O5/c1-3-8-18-11-5-12-20-15-7-16-21-14-6-13-19-10-4-9-17-2/h3-16H2,1-2H3. The van der Waals surface area contributed by atoms with Crippen LogP contribution in [0.25, 0.3) is 0 Å². The molecule has 5 heteroatoms. The lowest BCUT2D eigenvalue weighted by Gasteiger charge is -2.07. The third-order valence-corrected chi connectivity index (χ3v) is 2.72. The second-order valence-corrected chi connectivity index (χ2v) is 4.86. The molecule has 0 aliphatic rings. The van der Waals surface area contributed by atoms with Crippen molar-refractivity contribution >= 4 is 0 Å². The van der Waals surface area contributed by atoms with E-state index in [1.165, 1.54) is 0 Å². The fraction of sp³-hybridized carbons (Fsp3) is 1.00. The number of hydrogen-bond donors (Lipinski definition) is 0. The molecule has 21 heavy (non-hydrogen) atoms. The van der Waals surface area contributed by atoms with Gasteiger partial charge in [0, 0.05) is 66.6 Å². The van der Waals surface area contributed by atoms with Gasteiger partial charge < -0.3 is 23.7 Å². The van der Waals surface area contributed by atoms with Gasteiger partial charge in [0.25, 0.3) is 0 Å². The fourth-order valence-corrected chi connectivity index (χ4v) is 1.65. The molecule has 0 saturated carbocycles. The second-order valence-electron chi connectivity index (χ2n) is 4.86. The third kappa shape index (κ3) is 19.8. The quantitative estimate of drug-likeness (QED) is 0.364. The Hall–Kier alpha value is -0.200. The normalized spacial score (nSPS) is 11.1. The smallest absolute Gasteiger partial charge is 0.0488 e. The van der Waals surface area contributed by atoms with Crippen molar-refractivity contribution in [3.8, 4) is 0 Å². The first-order valence-corrected chi connectivity index (χ1v) is 8.21. The summed E-state index contributed by atoms with van der Waals surface area (Å²) in [6.45, 7) is 9.12. The van der Waals surface area contributed by atoms with Crippen molar-refractivity contribution in [2.45, 2.75) is 39.0 Å². The monoisotopic (exact) mass is 306 g/mol. The van der Waals surface area contributed by atoms with Crippen molar-refractivity contribution in [1.82, 2.24) is 0 Å². The van der Waals surface area contributed by atoms with E-state index in [-0.39, 0.29) is 0 Å². The molecule has 0 aromatic heterocycles. The summed E-state index contributed by atoms with van der Waals surface area (Å²) >= 11 is 0. The minimum absolute atomic E-state index is 0.759. The van der Waals surface area contributed by atoms with Crippen LogP contribution in [0.15, 0.2) is 0 Å². The van der Waals surface area contributed by atoms with Crippen LogP contribution in [0.5, 0.6) is 0 Å². The van der Waals surface area contributed by atoms with E-state index in [0.29, 0.717) is 0 Å². The lowest BCUT2D eigenvalue weighted by atomic mass is 10.4. The van der Waals surface area contributed by atoms with Gasteiger partial charge in [-0.2, -0.15) is 0 Å². The highest BCUT2D eigenvalue weighted by atomic mass is 16.5. The molecule has 0 N–H and O–H groups in total. The highest BCUT2D eigenvalue weighted by Gasteiger charge is 1.93. The maximum atomic E-state index is 5.51. The van der Waals surface area contributed by atoms with Crippen molar-refractivity contribution in [2.75, 3.05) is 66.6 Å². The van der Waals surface area contributed by atoms with Gasteiger partial charge in [-0.1, -0.05) is 6.92 Å². The molecule has 0 aliphatic carbocycles. The molecule has 0 rings (SSSR count). The predicted octanol–water partition coefficient (Wildman–Crippen LogP) is 2.67. The molecule has 0 fully saturated rings. The van der Waals surface area contributed by atoms with Crippen LogP contribution in [0.4, 0.5) is 0 Å². The van der Waals surface area contributed by atoms with Crippen LogP contribution in [0.3, 0.4) is 0 Å². The topological polar surface area (TPSA) is 46.2 Å². The Labute approximate surface area is 130 Å². The second kappa shape index (κ2) is 19.8. The molecule has 0 atom stereocenters. The van der Waals surface area contributed by atoms with Crippen LogP contribution >= 0.6 is 0 Å². The molecule has 0 heterocycles. The van der Waals surface area contributed by atoms with Crippen LogP contribution < -0.4 is 0 Å². The summed E-state index contributed by atoms with van der Waals surface area (Å²) < 4.78 is 26.8. The highest BCUT2D eigenvalue weighted by molar-refractivity contribution is 4.40. The maximum Gasteiger partial charge on any atom is 0.0488 e. The molecule has 5 nitrogen and oxygen atoms in total. The zero-order valence-electron chi connectivity index (χ0n) is 13.9. The Balaban J connectivity index is 2.90. The molecule has 0 saturated heterocycles. The van der Waals surface area contributed by atoms with Gasteiger partial charge in [-0.05, 0) is 32.1 Å². The minimum atomic E-state index is 0.759. The molecule has 128 valence electrons. The van der Waals surface area contributed by atoms with Gasteiger partial charge in [0.15, 0.2) is 0 Å². The van der Waals surface area contributed by atoms with E-state index in [2.05, 4.69) is 6.92 Å². The molecule has 0 bridgehead atoms. The van der Waals surface area contributed by atoms with Crippen LogP contribution in [-0.2, 0) is 23.7 Å². The summed E-state index contributed by atoms with van der Waals surface area (Å²) in [5.41, 5.74) is 0. The summed E-state index contributed by atoms with van der Waals surface area (Å²) in [7, 11) is 1.71. The average molecular weight is 306 g/mol. The van der Waals surface area contributed by atoms with E-state index in [9.17, 15) is 0 Å². The Morgan fingerprint density at radius 1 is 0.476 bits per heavy atom. The van der Waals surface area contributed by atoms with Crippen molar-refractivity contribution in [3.63, 3.8) is 0 Å². The summed E-state index contributed by atoms with van der Waals surface area (Å²) in [4.78, 5) is 0. The SMILES string of the molecule is CCCOCCCOCCCOCCCOCCCOC. The van der Waals surface area contributed by atoms with E-state index in [0.717, 1.165) is 91.6 Å². The van der Waals surface area contributed by atoms with E-state index in [1.54, 1.807) is 7.11 Å². The number of ether oxygens (including phenoxy) is 5. The first-order valence-electron chi connectivity index (χ1n) is 8.21. The number of methoxy groups -OCH3 is 1. The molecule has 0 aliphatic heterocycles. The molecular weight excluding hydrogens is 272 g/mol. The largest absolute Gasteiger partial charge is 0.385 e. The van der Waals surface area contributed by atoms with Crippen molar-refractivity contribution in [1.29, 1.82) is 0 Å². The van der Waals surface area contributed by atoms with E-state index >= 15 is 0 Å². The lowest BCUT2D eigenvalue weighted by molar-refractivity contribution is 0.0514. The molecule has 0 unspecified atom stereocenters. The van der Waals surface area contributed by atoms with Gasteiger partial charge in [0.1, 0.15) is 0 Å². The molecule has 0 spiro atoms. The summed E-state index contributed by atoms with van der Waals surface area (Å²) in [6.07, 6.45) is 4.91. The first kappa shape index (κ1) is 20.8. The van der Waals surface area contributed by atoms with Crippen LogP contribution in [0.1, 0.15) is 39.0 Å². The van der Waals surface area contributed by atoms with Crippen molar-refractivity contribution < 1.29 is 23.7 Å². The van der Waals surface area contributed by atoms with Crippen LogP contribution in [0, 0.1) is 0 Å². The molecule has 0 aromatic rings. The predicted molar refractivity (Wildman–Crippen MR) is 83.9 cm³/mol. The maximum absolute atomic E-state index is 5.51. The highest BCUT2D eigenvalue weighted by Crippen LogP contribution is 1.92.